The van der Waals surface area contributed by atoms with Crippen LogP contribution in [0.25, 0.3) is 0 Å². The van der Waals surface area contributed by atoms with E-state index in [1.165, 1.54) is 6.08 Å². The SMILES string of the molecule is CCCCC/C(=C\C(=O)OCC)N[C@H](CC(=O)OCC)C[C@H](C)O[Si](C)(C)C(C)(C)C. The maximum absolute atomic E-state index is 12.2. The lowest BCUT2D eigenvalue weighted by molar-refractivity contribution is -0.143. The molecule has 0 aromatic rings. The van der Waals surface area contributed by atoms with E-state index in [0.717, 1.165) is 31.4 Å². The van der Waals surface area contributed by atoms with Gasteiger partial charge in [0.1, 0.15) is 0 Å². The second kappa shape index (κ2) is 14.7. The molecule has 31 heavy (non-hydrogen) atoms. The summed E-state index contributed by atoms with van der Waals surface area (Å²) in [4.78, 5) is 24.3. The third-order valence-corrected chi connectivity index (χ3v) is 10.3. The van der Waals surface area contributed by atoms with Crippen LogP contribution in [0.2, 0.25) is 18.1 Å². The highest BCUT2D eigenvalue weighted by Gasteiger charge is 2.38. The van der Waals surface area contributed by atoms with Gasteiger partial charge in [-0.15, -0.1) is 0 Å². The fourth-order valence-electron chi connectivity index (χ4n) is 3.08. The Bertz CT molecular complexity index is 569. The predicted molar refractivity (Wildman–Crippen MR) is 129 cm³/mol. The molecule has 6 nitrogen and oxygen atoms in total. The van der Waals surface area contributed by atoms with Gasteiger partial charge in [-0.2, -0.15) is 0 Å². The standard InChI is InChI=1S/C24H47NO5Si/c1-10-13-14-15-20(17-22(26)28-11-2)25-21(18-23(27)29-12-3)16-19(4)30-31(8,9)24(5,6)7/h17,19,21,25H,10-16,18H2,1-9H3/b20-17+/t19-,21-/m0/s1. The van der Waals surface area contributed by atoms with Crippen LogP contribution in [-0.2, 0) is 23.5 Å². The van der Waals surface area contributed by atoms with E-state index in [9.17, 15) is 9.59 Å². The van der Waals surface area contributed by atoms with E-state index in [-0.39, 0.29) is 35.5 Å². The van der Waals surface area contributed by atoms with Crippen LogP contribution in [0.5, 0.6) is 0 Å². The van der Waals surface area contributed by atoms with Crippen molar-refractivity contribution in [3.8, 4) is 0 Å². The van der Waals surface area contributed by atoms with Gasteiger partial charge in [0.15, 0.2) is 8.32 Å². The number of nitrogens with one attached hydrogen (secondary N) is 1. The van der Waals surface area contributed by atoms with E-state index in [1.54, 1.807) is 13.8 Å². The Morgan fingerprint density at radius 1 is 1.03 bits per heavy atom. The first-order chi connectivity index (χ1) is 14.4. The second-order valence-corrected chi connectivity index (χ2v) is 14.4. The van der Waals surface area contributed by atoms with Crippen LogP contribution in [-0.4, -0.2) is 45.6 Å². The molecule has 0 radical (unpaired) electrons. The number of ether oxygens (including phenoxy) is 2. The normalized spacial score (nSPS) is 14.7. The molecule has 0 aromatic heterocycles. The van der Waals surface area contributed by atoms with Crippen molar-refractivity contribution in [2.24, 2.45) is 0 Å². The van der Waals surface area contributed by atoms with Crippen molar-refractivity contribution >= 4 is 20.3 Å². The Kier molecular flexibility index (Phi) is 14.0. The van der Waals surface area contributed by atoms with Crippen LogP contribution in [0.15, 0.2) is 11.8 Å². The molecule has 0 bridgehead atoms. The summed E-state index contributed by atoms with van der Waals surface area (Å²) < 4.78 is 16.8. The molecule has 0 unspecified atom stereocenters. The summed E-state index contributed by atoms with van der Waals surface area (Å²) in [6.45, 7) is 19.6. The fraction of sp³-hybridized carbons (Fsp3) is 0.833. The Balaban J connectivity index is 5.45. The Labute approximate surface area is 191 Å². The molecular weight excluding hydrogens is 410 g/mol. The highest BCUT2D eigenvalue weighted by Crippen LogP contribution is 2.37. The van der Waals surface area contributed by atoms with Crippen molar-refractivity contribution < 1.29 is 23.5 Å². The number of hydrogen-bond donors (Lipinski definition) is 1. The van der Waals surface area contributed by atoms with Crippen molar-refractivity contribution in [1.29, 1.82) is 0 Å². The van der Waals surface area contributed by atoms with Crippen molar-refractivity contribution in [3.63, 3.8) is 0 Å². The fourth-order valence-corrected chi connectivity index (χ4v) is 4.54. The van der Waals surface area contributed by atoms with E-state index in [1.807, 2.05) is 0 Å². The number of unbranched alkanes of at least 4 members (excludes halogenated alkanes) is 2. The molecule has 0 aliphatic heterocycles. The smallest absolute Gasteiger partial charge is 0.332 e. The number of allylic oxidation sites excluding steroid dienone is 1. The van der Waals surface area contributed by atoms with Crippen LogP contribution in [0.4, 0.5) is 0 Å². The summed E-state index contributed by atoms with van der Waals surface area (Å²) in [6, 6.07) is -0.180. The second-order valence-electron chi connectivity index (χ2n) is 9.65. The number of esters is 2. The zero-order valence-corrected chi connectivity index (χ0v) is 22.4. The molecule has 0 spiro atoms. The van der Waals surface area contributed by atoms with Crippen LogP contribution >= 0.6 is 0 Å². The molecule has 0 saturated carbocycles. The van der Waals surface area contributed by atoms with Crippen molar-refractivity contribution in [3.05, 3.63) is 11.8 Å². The summed E-state index contributed by atoms with van der Waals surface area (Å²) in [5, 5.41) is 3.55. The van der Waals surface area contributed by atoms with Gasteiger partial charge in [-0.1, -0.05) is 40.5 Å². The van der Waals surface area contributed by atoms with Crippen molar-refractivity contribution in [1.82, 2.24) is 5.32 Å². The molecule has 2 atom stereocenters. The maximum Gasteiger partial charge on any atom is 0.332 e. The number of hydrogen-bond acceptors (Lipinski definition) is 6. The van der Waals surface area contributed by atoms with Gasteiger partial charge >= 0.3 is 11.9 Å². The average Bonchev–Trinajstić information content (AvgIpc) is 2.60. The number of carbonyl (C=O) groups excluding carboxylic acids is 2. The summed E-state index contributed by atoms with van der Waals surface area (Å²) in [5.41, 5.74) is 0.806. The molecule has 0 amide bonds. The summed E-state index contributed by atoms with van der Waals surface area (Å²) in [7, 11) is -1.93. The molecule has 0 aliphatic rings. The third-order valence-electron chi connectivity index (χ3n) is 5.65. The minimum Gasteiger partial charge on any atom is -0.466 e. The first-order valence-electron chi connectivity index (χ1n) is 11.8. The first-order valence-corrected chi connectivity index (χ1v) is 14.7. The molecule has 7 heteroatoms. The predicted octanol–water partition coefficient (Wildman–Crippen LogP) is 5.73. The van der Waals surface area contributed by atoms with Crippen LogP contribution in [0.3, 0.4) is 0 Å². The van der Waals surface area contributed by atoms with Gasteiger partial charge in [-0.05, 0) is 58.2 Å². The zero-order valence-electron chi connectivity index (χ0n) is 21.4. The molecule has 0 aliphatic carbocycles. The molecule has 0 aromatic carbocycles. The number of carbonyl (C=O) groups is 2. The average molecular weight is 458 g/mol. The van der Waals surface area contributed by atoms with E-state index in [0.29, 0.717) is 19.6 Å². The van der Waals surface area contributed by atoms with Crippen LogP contribution < -0.4 is 5.32 Å². The lowest BCUT2D eigenvalue weighted by Gasteiger charge is -2.39. The van der Waals surface area contributed by atoms with E-state index < -0.39 is 8.32 Å². The molecule has 0 saturated heterocycles. The van der Waals surface area contributed by atoms with Gasteiger partial charge < -0.3 is 19.2 Å². The van der Waals surface area contributed by atoms with Crippen molar-refractivity contribution in [2.75, 3.05) is 13.2 Å². The van der Waals surface area contributed by atoms with Gasteiger partial charge in [0.2, 0.25) is 0 Å². The summed E-state index contributed by atoms with van der Waals surface area (Å²) in [5.74, 6) is -0.606. The van der Waals surface area contributed by atoms with Gasteiger partial charge in [0, 0.05) is 23.9 Å². The van der Waals surface area contributed by atoms with E-state index in [2.05, 4.69) is 53.0 Å². The van der Waals surface area contributed by atoms with Crippen LogP contribution in [0, 0.1) is 0 Å². The third kappa shape index (κ3) is 12.9. The molecule has 0 rings (SSSR count). The van der Waals surface area contributed by atoms with Gasteiger partial charge in [0.25, 0.3) is 0 Å². The molecule has 0 fully saturated rings. The topological polar surface area (TPSA) is 73.9 Å². The summed E-state index contributed by atoms with van der Waals surface area (Å²) in [6.07, 6.45) is 6.27. The van der Waals surface area contributed by atoms with Gasteiger partial charge in [0.05, 0.1) is 19.6 Å². The monoisotopic (exact) mass is 457 g/mol. The highest BCUT2D eigenvalue weighted by molar-refractivity contribution is 6.74. The quantitative estimate of drug-likeness (QED) is 0.147. The Hall–Kier alpha value is -1.34. The van der Waals surface area contributed by atoms with Gasteiger partial charge in [-0.25, -0.2) is 4.79 Å². The minimum absolute atomic E-state index is 0.0210. The Morgan fingerprint density at radius 3 is 2.16 bits per heavy atom. The van der Waals surface area contributed by atoms with E-state index >= 15 is 0 Å². The Morgan fingerprint density at radius 2 is 1.65 bits per heavy atom. The minimum atomic E-state index is -1.93. The zero-order chi connectivity index (χ0) is 24.1. The molecule has 1 N–H and O–H groups in total. The number of rotatable bonds is 15. The lowest BCUT2D eigenvalue weighted by atomic mass is 10.0. The first kappa shape index (κ1) is 29.7. The molecular formula is C24H47NO5Si. The van der Waals surface area contributed by atoms with Gasteiger partial charge in [-0.3, -0.25) is 4.79 Å². The van der Waals surface area contributed by atoms with E-state index in [4.69, 9.17) is 13.9 Å². The largest absolute Gasteiger partial charge is 0.466 e. The van der Waals surface area contributed by atoms with Crippen molar-refractivity contribution in [2.45, 2.75) is 117 Å². The summed E-state index contributed by atoms with van der Waals surface area (Å²) >= 11 is 0. The lowest BCUT2D eigenvalue weighted by Crippen LogP contribution is -2.45. The maximum atomic E-state index is 12.2. The highest BCUT2D eigenvalue weighted by atomic mass is 28.4. The molecule has 182 valence electrons. The molecule has 0 heterocycles. The van der Waals surface area contributed by atoms with Crippen LogP contribution in [0.1, 0.15) is 87.0 Å².